The second kappa shape index (κ2) is 10.6. The lowest BCUT2D eigenvalue weighted by Gasteiger charge is -2.44. The molecule has 0 spiro atoms. The summed E-state index contributed by atoms with van der Waals surface area (Å²) in [7, 11) is 0. The van der Waals surface area contributed by atoms with Gasteiger partial charge >= 0.3 is 12.4 Å². The number of halogens is 7. The molecule has 0 heterocycles. The van der Waals surface area contributed by atoms with Gasteiger partial charge < -0.3 is 15.3 Å². The second-order valence-electron chi connectivity index (χ2n) is 11.5. The number of alkyl halides is 7. The van der Waals surface area contributed by atoms with Gasteiger partial charge in [-0.05, 0) is 79.3 Å². The van der Waals surface area contributed by atoms with E-state index in [9.17, 15) is 46.1 Å². The highest BCUT2D eigenvalue weighted by molar-refractivity contribution is 5.38. The van der Waals surface area contributed by atoms with Gasteiger partial charge in [0.15, 0.2) is 0 Å². The normalized spacial score (nSPS) is 35.6. The van der Waals surface area contributed by atoms with E-state index in [2.05, 4.69) is 13.5 Å². The average molecular weight is 543 g/mol. The van der Waals surface area contributed by atoms with Crippen molar-refractivity contribution in [3.63, 3.8) is 0 Å². The van der Waals surface area contributed by atoms with Crippen molar-refractivity contribution in [1.82, 2.24) is 0 Å². The van der Waals surface area contributed by atoms with Crippen LogP contribution in [0.15, 0.2) is 35.5 Å². The van der Waals surface area contributed by atoms with Crippen molar-refractivity contribution in [3.8, 4) is 0 Å². The fraction of sp³-hybridized carbons (Fsp3) is 0.778. The number of hydrogen-bond donors (Lipinski definition) is 3. The molecule has 7 atom stereocenters. The van der Waals surface area contributed by atoms with Crippen molar-refractivity contribution in [3.05, 3.63) is 35.5 Å². The molecular weight excluding hydrogens is 505 g/mol. The fourth-order valence-corrected chi connectivity index (χ4v) is 7.04. The zero-order valence-electron chi connectivity index (χ0n) is 21.2. The van der Waals surface area contributed by atoms with Gasteiger partial charge in [0.05, 0.1) is 12.2 Å². The predicted molar refractivity (Wildman–Crippen MR) is 125 cm³/mol. The van der Waals surface area contributed by atoms with E-state index in [0.29, 0.717) is 18.4 Å². The molecule has 3 aliphatic carbocycles. The standard InChI is InChI=1S/C27H37F7O3/c1-15(11-19(28)14-25(37,26(29,30)31)27(32,33)34)21-8-9-22-17(5-4-10-24(21,22)3)6-7-18-12-20(35)13-23(36)16(18)2/h6-7,15,19-23,35-37H,2,4-5,8-14H2,1,3H3/b17-6+,18-7-/t15?,19-,20+,21+,22-,23-,24+/m0/s1. The van der Waals surface area contributed by atoms with Gasteiger partial charge in [0, 0.05) is 12.8 Å². The van der Waals surface area contributed by atoms with E-state index in [1.165, 1.54) is 5.57 Å². The molecule has 1 unspecified atom stereocenters. The van der Waals surface area contributed by atoms with Crippen molar-refractivity contribution in [2.75, 3.05) is 0 Å². The molecule has 3 aliphatic rings. The summed E-state index contributed by atoms with van der Waals surface area (Å²) in [5.41, 5.74) is -2.85. The van der Waals surface area contributed by atoms with Crippen LogP contribution in [0.2, 0.25) is 0 Å². The Balaban J connectivity index is 1.73. The molecule has 3 saturated carbocycles. The predicted octanol–water partition coefficient (Wildman–Crippen LogP) is 6.74. The molecule has 0 radical (unpaired) electrons. The lowest BCUT2D eigenvalue weighted by molar-refractivity contribution is -0.372. The Morgan fingerprint density at radius 1 is 1.08 bits per heavy atom. The van der Waals surface area contributed by atoms with Crippen LogP contribution in [0.4, 0.5) is 30.7 Å². The highest BCUT2D eigenvalue weighted by atomic mass is 19.4. The summed E-state index contributed by atoms with van der Waals surface area (Å²) in [4.78, 5) is 0. The third-order valence-electron chi connectivity index (χ3n) is 9.07. The first-order valence-electron chi connectivity index (χ1n) is 12.9. The minimum Gasteiger partial charge on any atom is -0.393 e. The number of fused-ring (bicyclic) bond motifs is 1. The third-order valence-corrected chi connectivity index (χ3v) is 9.07. The van der Waals surface area contributed by atoms with Crippen LogP contribution < -0.4 is 0 Å². The minimum absolute atomic E-state index is 0.0924. The van der Waals surface area contributed by atoms with E-state index in [1.807, 2.05) is 12.2 Å². The van der Waals surface area contributed by atoms with Gasteiger partial charge in [-0.3, -0.25) is 0 Å². The molecule has 0 aromatic rings. The molecule has 212 valence electrons. The molecule has 0 aliphatic heterocycles. The van der Waals surface area contributed by atoms with E-state index in [-0.39, 0.29) is 23.7 Å². The molecule has 0 aromatic carbocycles. The molecule has 10 heteroatoms. The molecule has 3 rings (SSSR count). The quantitative estimate of drug-likeness (QED) is 0.326. The average Bonchev–Trinajstić information content (AvgIpc) is 3.11. The fourth-order valence-electron chi connectivity index (χ4n) is 7.04. The Hall–Kier alpha value is -1.39. The van der Waals surface area contributed by atoms with E-state index in [4.69, 9.17) is 0 Å². The van der Waals surface area contributed by atoms with E-state index in [0.717, 1.165) is 31.3 Å². The van der Waals surface area contributed by atoms with Gasteiger partial charge in [-0.2, -0.15) is 26.3 Å². The Labute approximate surface area is 213 Å². The topological polar surface area (TPSA) is 60.7 Å². The lowest BCUT2D eigenvalue weighted by Crippen LogP contribution is -2.58. The van der Waals surface area contributed by atoms with Crippen LogP contribution in [0.25, 0.3) is 0 Å². The van der Waals surface area contributed by atoms with Crippen molar-refractivity contribution >= 4 is 0 Å². The van der Waals surface area contributed by atoms with E-state index in [1.54, 1.807) is 6.92 Å². The molecular formula is C27H37F7O3. The largest absolute Gasteiger partial charge is 0.426 e. The first-order chi connectivity index (χ1) is 16.9. The van der Waals surface area contributed by atoms with Crippen LogP contribution in [0.3, 0.4) is 0 Å². The molecule has 0 bridgehead atoms. The second-order valence-corrected chi connectivity index (χ2v) is 11.5. The first-order valence-corrected chi connectivity index (χ1v) is 12.9. The number of aliphatic hydroxyl groups excluding tert-OH is 2. The van der Waals surface area contributed by atoms with Gasteiger partial charge in [0.2, 0.25) is 0 Å². The molecule has 0 amide bonds. The summed E-state index contributed by atoms with van der Waals surface area (Å²) in [5, 5.41) is 29.5. The number of hydrogen-bond acceptors (Lipinski definition) is 3. The molecule has 3 nitrogen and oxygen atoms in total. The van der Waals surface area contributed by atoms with Crippen LogP contribution in [0.1, 0.15) is 71.6 Å². The van der Waals surface area contributed by atoms with Crippen LogP contribution in [0, 0.1) is 23.2 Å². The van der Waals surface area contributed by atoms with Gasteiger partial charge in [0.1, 0.15) is 6.17 Å². The Bertz CT molecular complexity index is 893. The minimum atomic E-state index is -6.03. The summed E-state index contributed by atoms with van der Waals surface area (Å²) in [6.45, 7) is 7.65. The lowest BCUT2D eigenvalue weighted by atomic mass is 9.60. The summed E-state index contributed by atoms with van der Waals surface area (Å²) >= 11 is 0. The highest BCUT2D eigenvalue weighted by Crippen LogP contribution is 2.60. The maximum absolute atomic E-state index is 14.7. The van der Waals surface area contributed by atoms with E-state index >= 15 is 0 Å². The smallest absolute Gasteiger partial charge is 0.393 e. The Kier molecular flexibility index (Phi) is 8.67. The van der Waals surface area contributed by atoms with Gasteiger partial charge in [-0.25, -0.2) is 4.39 Å². The van der Waals surface area contributed by atoms with Crippen LogP contribution in [-0.2, 0) is 0 Å². The Morgan fingerprint density at radius 2 is 1.70 bits per heavy atom. The van der Waals surface area contributed by atoms with Crippen LogP contribution >= 0.6 is 0 Å². The summed E-state index contributed by atoms with van der Waals surface area (Å²) < 4.78 is 92.8. The van der Waals surface area contributed by atoms with Crippen LogP contribution in [0.5, 0.6) is 0 Å². The van der Waals surface area contributed by atoms with E-state index < -0.39 is 55.1 Å². The molecule has 3 N–H and O–H groups in total. The maximum Gasteiger partial charge on any atom is 0.426 e. The number of rotatable bonds is 6. The summed E-state index contributed by atoms with van der Waals surface area (Å²) in [6, 6.07) is 0. The maximum atomic E-state index is 14.7. The van der Waals surface area contributed by atoms with Crippen molar-refractivity contribution in [2.45, 2.75) is 108 Å². The monoisotopic (exact) mass is 542 g/mol. The highest BCUT2D eigenvalue weighted by Gasteiger charge is 2.70. The zero-order chi connectivity index (χ0) is 28.0. The Morgan fingerprint density at radius 3 is 2.30 bits per heavy atom. The third kappa shape index (κ3) is 5.96. The zero-order valence-corrected chi connectivity index (χ0v) is 21.2. The van der Waals surface area contributed by atoms with Crippen molar-refractivity contribution in [2.24, 2.45) is 23.2 Å². The van der Waals surface area contributed by atoms with Crippen LogP contribution in [-0.4, -0.2) is 51.7 Å². The van der Waals surface area contributed by atoms with Gasteiger partial charge in [0.25, 0.3) is 5.60 Å². The first kappa shape index (κ1) is 30.2. The molecule has 0 saturated heterocycles. The SMILES string of the molecule is C=C1/C(=C\C=C2/CCC[C@]3(C)[C@@H](C(C)C[C@H](F)CC(O)(C(F)(F)F)C(F)(F)F)CC[C@@H]23)C[C@@H](O)C[C@@H]1O. The number of allylic oxidation sites excluding steroid dienone is 3. The van der Waals surface area contributed by atoms with Gasteiger partial charge in [-0.1, -0.05) is 38.2 Å². The van der Waals surface area contributed by atoms with Gasteiger partial charge in [-0.15, -0.1) is 0 Å². The number of aliphatic hydroxyl groups is 3. The molecule has 3 fully saturated rings. The summed E-state index contributed by atoms with van der Waals surface area (Å²) in [5.74, 6) is -0.431. The molecule has 0 aromatic heterocycles. The molecule has 37 heavy (non-hydrogen) atoms. The van der Waals surface area contributed by atoms with Crippen molar-refractivity contribution in [1.29, 1.82) is 0 Å². The van der Waals surface area contributed by atoms with Crippen molar-refractivity contribution < 1.29 is 46.1 Å². The summed E-state index contributed by atoms with van der Waals surface area (Å²) in [6.07, 6.45) is -10.1.